The molecule has 3 aromatic rings. The van der Waals surface area contributed by atoms with Crippen molar-refractivity contribution in [2.75, 3.05) is 18.0 Å². The van der Waals surface area contributed by atoms with Gasteiger partial charge in [0.1, 0.15) is 11.4 Å². The molecule has 0 atom stereocenters. The minimum Gasteiger partial charge on any atom is -0.484 e. The van der Waals surface area contributed by atoms with Crippen molar-refractivity contribution in [1.29, 1.82) is 0 Å². The molecule has 1 fully saturated rings. The van der Waals surface area contributed by atoms with Gasteiger partial charge in [0.25, 0.3) is 5.91 Å². The van der Waals surface area contributed by atoms with Crippen molar-refractivity contribution in [3.8, 4) is 5.75 Å². The Kier molecular flexibility index (Phi) is 4.94. The standard InChI is InChI=1S/C26H24N2O3/c29-24-19-26(15-17-27(18-16-26)25(30)20-9-3-1-4-10-20)31-23-14-8-7-13-22(23)28(24)21-11-5-2-6-12-21/h1-14H,15-19H2. The SMILES string of the molecule is O=C(c1ccccc1)N1CCC2(CC1)CC(=O)N(c1ccccc1)c1ccccc1O2. The molecule has 0 bridgehead atoms. The van der Waals surface area contributed by atoms with Crippen LogP contribution in [0.2, 0.25) is 0 Å². The topological polar surface area (TPSA) is 49.9 Å². The van der Waals surface area contributed by atoms with Crippen LogP contribution in [0.5, 0.6) is 5.75 Å². The Labute approximate surface area is 181 Å². The molecule has 0 N–H and O–H groups in total. The highest BCUT2D eigenvalue weighted by molar-refractivity contribution is 6.03. The zero-order valence-electron chi connectivity index (χ0n) is 17.2. The first-order chi connectivity index (χ1) is 15.2. The first-order valence-corrected chi connectivity index (χ1v) is 10.7. The minimum absolute atomic E-state index is 0.0129. The van der Waals surface area contributed by atoms with Crippen LogP contribution in [-0.2, 0) is 4.79 Å². The molecule has 0 saturated carbocycles. The number of fused-ring (bicyclic) bond motifs is 1. The summed E-state index contributed by atoms with van der Waals surface area (Å²) in [6.07, 6.45) is 1.52. The number of likely N-dealkylation sites (tertiary alicyclic amines) is 1. The summed E-state index contributed by atoms with van der Waals surface area (Å²) in [5.41, 5.74) is 1.68. The number of hydrogen-bond acceptors (Lipinski definition) is 3. The van der Waals surface area contributed by atoms with E-state index in [1.165, 1.54) is 0 Å². The van der Waals surface area contributed by atoms with Gasteiger partial charge in [-0.2, -0.15) is 0 Å². The van der Waals surface area contributed by atoms with E-state index in [1.54, 1.807) is 4.90 Å². The Bertz CT molecular complexity index is 1090. The van der Waals surface area contributed by atoms with E-state index in [1.807, 2.05) is 89.8 Å². The molecule has 0 radical (unpaired) electrons. The van der Waals surface area contributed by atoms with Gasteiger partial charge in [-0.05, 0) is 36.4 Å². The third kappa shape index (κ3) is 3.67. The van der Waals surface area contributed by atoms with E-state index in [2.05, 4.69) is 0 Å². The smallest absolute Gasteiger partial charge is 0.253 e. The number of hydrogen-bond donors (Lipinski definition) is 0. The van der Waals surface area contributed by atoms with Gasteiger partial charge < -0.3 is 9.64 Å². The zero-order chi connectivity index (χ0) is 21.3. The van der Waals surface area contributed by atoms with Crippen molar-refractivity contribution in [2.45, 2.75) is 24.9 Å². The number of amides is 2. The number of piperidine rings is 1. The Morgan fingerprint density at radius 1 is 0.806 bits per heavy atom. The second kappa shape index (κ2) is 7.91. The summed E-state index contributed by atoms with van der Waals surface area (Å²) in [5.74, 6) is 0.751. The van der Waals surface area contributed by atoms with Crippen LogP contribution in [0.3, 0.4) is 0 Å². The van der Waals surface area contributed by atoms with Crippen molar-refractivity contribution in [3.05, 3.63) is 90.5 Å². The van der Waals surface area contributed by atoms with Gasteiger partial charge in [0.05, 0.1) is 12.1 Å². The zero-order valence-corrected chi connectivity index (χ0v) is 17.2. The number of benzene rings is 3. The average Bonchev–Trinajstić information content (AvgIpc) is 2.93. The summed E-state index contributed by atoms with van der Waals surface area (Å²) in [7, 11) is 0. The molecule has 5 rings (SSSR count). The lowest BCUT2D eigenvalue weighted by atomic mass is 9.87. The highest BCUT2D eigenvalue weighted by Gasteiger charge is 2.44. The summed E-state index contributed by atoms with van der Waals surface area (Å²) >= 11 is 0. The van der Waals surface area contributed by atoms with Gasteiger partial charge >= 0.3 is 0 Å². The predicted octanol–water partition coefficient (Wildman–Crippen LogP) is 4.81. The summed E-state index contributed by atoms with van der Waals surface area (Å²) in [6.45, 7) is 1.13. The Morgan fingerprint density at radius 3 is 2.13 bits per heavy atom. The molecule has 2 aliphatic rings. The summed E-state index contributed by atoms with van der Waals surface area (Å²) in [6, 6.07) is 26.7. The van der Waals surface area contributed by atoms with E-state index in [0.29, 0.717) is 37.2 Å². The first-order valence-electron chi connectivity index (χ1n) is 10.7. The number of rotatable bonds is 2. The van der Waals surface area contributed by atoms with Crippen molar-refractivity contribution >= 4 is 23.2 Å². The molecule has 2 aliphatic heterocycles. The van der Waals surface area contributed by atoms with Crippen LogP contribution < -0.4 is 9.64 Å². The molecule has 2 amide bonds. The van der Waals surface area contributed by atoms with Crippen LogP contribution in [0.1, 0.15) is 29.6 Å². The van der Waals surface area contributed by atoms with Gasteiger partial charge in [0, 0.05) is 37.2 Å². The van der Waals surface area contributed by atoms with Gasteiger partial charge in [-0.3, -0.25) is 14.5 Å². The average molecular weight is 412 g/mol. The fourth-order valence-corrected chi connectivity index (χ4v) is 4.51. The Hall–Kier alpha value is -3.60. The molecule has 5 heteroatoms. The molecule has 1 saturated heterocycles. The molecule has 3 aromatic carbocycles. The number of nitrogens with zero attached hydrogens (tertiary/aromatic N) is 2. The first kappa shape index (κ1) is 19.4. The molecule has 0 unspecified atom stereocenters. The number of para-hydroxylation sites is 3. The molecule has 5 nitrogen and oxygen atoms in total. The molecule has 0 aromatic heterocycles. The van der Waals surface area contributed by atoms with Gasteiger partial charge in [-0.25, -0.2) is 0 Å². The van der Waals surface area contributed by atoms with Crippen LogP contribution in [0, 0.1) is 0 Å². The maximum atomic E-state index is 13.5. The molecule has 31 heavy (non-hydrogen) atoms. The number of ether oxygens (including phenoxy) is 1. The Morgan fingerprint density at radius 2 is 1.42 bits per heavy atom. The van der Waals surface area contributed by atoms with E-state index >= 15 is 0 Å². The maximum Gasteiger partial charge on any atom is 0.253 e. The van der Waals surface area contributed by atoms with Crippen molar-refractivity contribution < 1.29 is 14.3 Å². The van der Waals surface area contributed by atoms with E-state index in [9.17, 15) is 9.59 Å². The van der Waals surface area contributed by atoms with Gasteiger partial charge in [-0.15, -0.1) is 0 Å². The van der Waals surface area contributed by atoms with E-state index in [4.69, 9.17) is 4.74 Å². The quantitative estimate of drug-likeness (QED) is 0.607. The fourth-order valence-electron chi connectivity index (χ4n) is 4.51. The lowest BCUT2D eigenvalue weighted by Gasteiger charge is -2.40. The van der Waals surface area contributed by atoms with Gasteiger partial charge in [0.15, 0.2) is 0 Å². The largest absolute Gasteiger partial charge is 0.484 e. The molecule has 2 heterocycles. The highest BCUT2D eigenvalue weighted by atomic mass is 16.5. The predicted molar refractivity (Wildman–Crippen MR) is 120 cm³/mol. The Balaban J connectivity index is 1.41. The second-order valence-electron chi connectivity index (χ2n) is 8.15. The third-order valence-corrected chi connectivity index (χ3v) is 6.15. The van der Waals surface area contributed by atoms with Crippen molar-refractivity contribution in [3.63, 3.8) is 0 Å². The van der Waals surface area contributed by atoms with Gasteiger partial charge in [-0.1, -0.05) is 48.5 Å². The highest BCUT2D eigenvalue weighted by Crippen LogP contribution is 2.43. The molecule has 156 valence electrons. The van der Waals surface area contributed by atoms with Crippen molar-refractivity contribution in [1.82, 2.24) is 4.90 Å². The second-order valence-corrected chi connectivity index (χ2v) is 8.15. The molecular weight excluding hydrogens is 388 g/mol. The fraction of sp³-hybridized carbons (Fsp3) is 0.231. The summed E-state index contributed by atoms with van der Waals surface area (Å²) < 4.78 is 6.54. The van der Waals surface area contributed by atoms with Crippen molar-refractivity contribution in [2.24, 2.45) is 0 Å². The van der Waals surface area contributed by atoms with E-state index in [-0.39, 0.29) is 18.2 Å². The third-order valence-electron chi connectivity index (χ3n) is 6.15. The molecule has 1 spiro atoms. The minimum atomic E-state index is -0.607. The maximum absolute atomic E-state index is 13.5. The van der Waals surface area contributed by atoms with E-state index < -0.39 is 5.60 Å². The lowest BCUT2D eigenvalue weighted by Crippen LogP contribution is -2.51. The van der Waals surface area contributed by atoms with Crippen LogP contribution in [0.15, 0.2) is 84.9 Å². The van der Waals surface area contributed by atoms with Crippen LogP contribution >= 0.6 is 0 Å². The van der Waals surface area contributed by atoms with E-state index in [0.717, 1.165) is 11.4 Å². The number of carbonyl (C=O) groups excluding carboxylic acids is 2. The monoisotopic (exact) mass is 412 g/mol. The molecular formula is C26H24N2O3. The molecule has 0 aliphatic carbocycles. The normalized spacial score (nSPS) is 17.6. The number of anilines is 2. The van der Waals surface area contributed by atoms with Crippen LogP contribution in [-0.4, -0.2) is 35.4 Å². The number of carbonyl (C=O) groups is 2. The summed E-state index contributed by atoms with van der Waals surface area (Å²) in [4.78, 5) is 29.9. The lowest BCUT2D eigenvalue weighted by molar-refractivity contribution is -0.122. The van der Waals surface area contributed by atoms with Gasteiger partial charge in [0.2, 0.25) is 5.91 Å². The van der Waals surface area contributed by atoms with Crippen LogP contribution in [0.25, 0.3) is 0 Å². The van der Waals surface area contributed by atoms with Crippen LogP contribution in [0.4, 0.5) is 11.4 Å². The summed E-state index contributed by atoms with van der Waals surface area (Å²) in [5, 5.41) is 0.